The van der Waals surface area contributed by atoms with E-state index in [-0.39, 0.29) is 11.9 Å². The van der Waals surface area contributed by atoms with Gasteiger partial charge in [0, 0.05) is 11.0 Å². The molecule has 0 heterocycles. The minimum Gasteiger partial charge on any atom is -0.480 e. The third-order valence-electron chi connectivity index (χ3n) is 3.56. The number of carboxylic acids is 1. The Bertz CT molecular complexity index is 290. The van der Waals surface area contributed by atoms with Crippen LogP contribution in [0.2, 0.25) is 0 Å². The molecule has 1 aliphatic carbocycles. The minimum absolute atomic E-state index is 0.232. The summed E-state index contributed by atoms with van der Waals surface area (Å²) < 4.78 is 0. The first kappa shape index (κ1) is 16.8. The maximum Gasteiger partial charge on any atom is 0.323 e. The Morgan fingerprint density at radius 2 is 2.32 bits per heavy atom. The molecule has 0 aromatic rings. The molecule has 112 valence electrons. The van der Waals surface area contributed by atoms with E-state index in [1.807, 2.05) is 6.92 Å². The third kappa shape index (κ3) is 4.95. The van der Waals surface area contributed by atoms with Crippen LogP contribution in [0, 0.1) is 0 Å². The molecule has 0 aliphatic heterocycles. The number of aliphatic carboxylic acids is 1. The molecule has 0 saturated heterocycles. The molecule has 3 atom stereocenters. The van der Waals surface area contributed by atoms with Gasteiger partial charge in [0.15, 0.2) is 0 Å². The van der Waals surface area contributed by atoms with Crippen molar-refractivity contribution in [3.05, 3.63) is 0 Å². The topological polar surface area (TPSA) is 89.8 Å². The van der Waals surface area contributed by atoms with Crippen LogP contribution >= 0.6 is 11.8 Å². The van der Waals surface area contributed by atoms with Crippen LogP contribution in [0.5, 0.6) is 0 Å². The van der Waals surface area contributed by atoms with Gasteiger partial charge in [0.2, 0.25) is 0 Å². The number of thioether (sulfide) groups is 1. The van der Waals surface area contributed by atoms with Crippen LogP contribution in [-0.2, 0) is 4.79 Å². The van der Waals surface area contributed by atoms with Crippen LogP contribution in [0.4, 0.5) is 0 Å². The molecule has 0 aromatic carbocycles. The summed E-state index contributed by atoms with van der Waals surface area (Å²) >= 11 is 1.57. The zero-order valence-corrected chi connectivity index (χ0v) is 12.3. The highest BCUT2D eigenvalue weighted by molar-refractivity contribution is 7.99. The van der Waals surface area contributed by atoms with E-state index >= 15 is 0 Å². The van der Waals surface area contributed by atoms with Gasteiger partial charge in [-0.1, -0.05) is 6.92 Å². The zero-order chi connectivity index (χ0) is 14.3. The number of carbonyl (C=O) groups is 1. The molecule has 4 N–H and O–H groups in total. The molecule has 0 bridgehead atoms. The van der Waals surface area contributed by atoms with Gasteiger partial charge in [0.05, 0.1) is 12.7 Å². The Labute approximate surface area is 118 Å². The average Bonchev–Trinajstić information content (AvgIpc) is 2.42. The Kier molecular flexibility index (Phi) is 7.13. The Hall–Kier alpha value is -0.300. The van der Waals surface area contributed by atoms with E-state index in [1.54, 1.807) is 11.8 Å². The highest BCUT2D eigenvalue weighted by Gasteiger charge is 2.42. The van der Waals surface area contributed by atoms with Gasteiger partial charge in [-0.25, -0.2) is 0 Å². The molecule has 1 fully saturated rings. The van der Waals surface area contributed by atoms with Gasteiger partial charge in [-0.05, 0) is 38.6 Å². The van der Waals surface area contributed by atoms with Crippen LogP contribution in [0.25, 0.3) is 0 Å². The Morgan fingerprint density at radius 1 is 1.58 bits per heavy atom. The lowest BCUT2D eigenvalue weighted by Gasteiger charge is -2.38. The van der Waals surface area contributed by atoms with Crippen LogP contribution in [0.1, 0.15) is 39.0 Å². The average molecular weight is 291 g/mol. The molecule has 0 aromatic heterocycles. The van der Waals surface area contributed by atoms with Crippen molar-refractivity contribution in [3.8, 4) is 0 Å². The summed E-state index contributed by atoms with van der Waals surface area (Å²) in [6, 6.07) is 0. The monoisotopic (exact) mass is 291 g/mol. The van der Waals surface area contributed by atoms with Crippen molar-refractivity contribution in [1.82, 2.24) is 5.32 Å². The summed E-state index contributed by atoms with van der Waals surface area (Å²) in [6.07, 6.45) is 3.32. The van der Waals surface area contributed by atoms with Crippen molar-refractivity contribution in [3.63, 3.8) is 0 Å². The molecule has 0 spiro atoms. The summed E-state index contributed by atoms with van der Waals surface area (Å²) in [5.41, 5.74) is -0.809. The maximum atomic E-state index is 11.6. The lowest BCUT2D eigenvalue weighted by atomic mass is 9.81. The van der Waals surface area contributed by atoms with Crippen LogP contribution in [0.15, 0.2) is 0 Å². The Morgan fingerprint density at radius 3 is 2.89 bits per heavy atom. The van der Waals surface area contributed by atoms with Gasteiger partial charge in [0.25, 0.3) is 0 Å². The normalized spacial score (nSPS) is 29.1. The first-order valence-corrected chi connectivity index (χ1v) is 7.98. The number of rotatable bonds is 8. The molecule has 1 aliphatic rings. The van der Waals surface area contributed by atoms with E-state index in [2.05, 4.69) is 5.32 Å². The predicted octanol–water partition coefficient (Wildman–Crippen LogP) is 0.838. The third-order valence-corrected chi connectivity index (χ3v) is 5.01. The van der Waals surface area contributed by atoms with Crippen molar-refractivity contribution in [1.29, 1.82) is 0 Å². The summed E-state index contributed by atoms with van der Waals surface area (Å²) in [5, 5.41) is 31.1. The smallest absolute Gasteiger partial charge is 0.323 e. The number of hydrogen-bond acceptors (Lipinski definition) is 5. The first-order chi connectivity index (χ1) is 9.04. The summed E-state index contributed by atoms with van der Waals surface area (Å²) in [5.74, 6) is -0.307. The van der Waals surface area contributed by atoms with Crippen LogP contribution in [-0.4, -0.2) is 57.1 Å². The number of hydrogen-bond donors (Lipinski definition) is 4. The molecule has 0 amide bonds. The molecule has 19 heavy (non-hydrogen) atoms. The number of nitrogens with one attached hydrogen (secondary N) is 1. The van der Waals surface area contributed by atoms with Crippen molar-refractivity contribution >= 4 is 17.7 Å². The number of aliphatic hydroxyl groups excluding tert-OH is 2. The fourth-order valence-corrected chi connectivity index (χ4v) is 3.80. The van der Waals surface area contributed by atoms with Crippen LogP contribution < -0.4 is 5.32 Å². The van der Waals surface area contributed by atoms with E-state index < -0.39 is 17.6 Å². The molecule has 5 nitrogen and oxygen atoms in total. The van der Waals surface area contributed by atoms with Gasteiger partial charge >= 0.3 is 5.97 Å². The van der Waals surface area contributed by atoms with Gasteiger partial charge in [-0.15, -0.1) is 0 Å². The quantitative estimate of drug-likeness (QED) is 0.530. The molecule has 1 rings (SSSR count). The van der Waals surface area contributed by atoms with Crippen molar-refractivity contribution < 1.29 is 20.1 Å². The number of carboxylic acid groups (broad SMARTS) is 1. The van der Waals surface area contributed by atoms with Crippen molar-refractivity contribution in [2.45, 2.75) is 55.9 Å². The van der Waals surface area contributed by atoms with E-state index in [4.69, 9.17) is 5.11 Å². The summed E-state index contributed by atoms with van der Waals surface area (Å²) in [7, 11) is 0. The standard InChI is InChI=1S/C13H25NO4S/c1-2-6-14-13(12(17)18)5-3-4-11(7-13)19-9-10(16)8-15/h10-11,14-16H,2-9H2,1H3,(H,17,18). The lowest BCUT2D eigenvalue weighted by Crippen LogP contribution is -2.55. The Balaban J connectivity index is 2.56. The van der Waals surface area contributed by atoms with Gasteiger partial charge in [-0.2, -0.15) is 11.8 Å². The van der Waals surface area contributed by atoms with Crippen LogP contribution in [0.3, 0.4) is 0 Å². The minimum atomic E-state index is -0.809. The molecular weight excluding hydrogens is 266 g/mol. The fraction of sp³-hybridized carbons (Fsp3) is 0.923. The van der Waals surface area contributed by atoms with Crippen molar-refractivity contribution in [2.24, 2.45) is 0 Å². The van der Waals surface area contributed by atoms with Gasteiger partial charge < -0.3 is 20.6 Å². The van der Waals surface area contributed by atoms with E-state index in [0.717, 1.165) is 19.3 Å². The highest BCUT2D eigenvalue weighted by Crippen LogP contribution is 2.35. The summed E-state index contributed by atoms with van der Waals surface area (Å²) in [6.45, 7) is 2.50. The molecule has 6 heteroatoms. The number of aliphatic hydroxyl groups is 2. The molecule has 1 saturated carbocycles. The first-order valence-electron chi connectivity index (χ1n) is 6.93. The largest absolute Gasteiger partial charge is 0.480 e. The molecule has 0 radical (unpaired) electrons. The molecule has 3 unspecified atom stereocenters. The highest BCUT2D eigenvalue weighted by atomic mass is 32.2. The van der Waals surface area contributed by atoms with Gasteiger partial charge in [0.1, 0.15) is 5.54 Å². The SMILES string of the molecule is CCCNC1(C(=O)O)CCCC(SCC(O)CO)C1. The van der Waals surface area contributed by atoms with E-state index in [9.17, 15) is 15.0 Å². The summed E-state index contributed by atoms with van der Waals surface area (Å²) in [4.78, 5) is 11.6. The second-order valence-electron chi connectivity index (χ2n) is 5.20. The van der Waals surface area contributed by atoms with Gasteiger partial charge in [-0.3, -0.25) is 4.79 Å². The van der Waals surface area contributed by atoms with Crippen molar-refractivity contribution in [2.75, 3.05) is 18.9 Å². The second-order valence-corrected chi connectivity index (χ2v) is 6.54. The maximum absolute atomic E-state index is 11.6. The lowest BCUT2D eigenvalue weighted by molar-refractivity contribution is -0.146. The fourth-order valence-electron chi connectivity index (χ4n) is 2.46. The van der Waals surface area contributed by atoms with E-state index in [1.165, 1.54) is 0 Å². The van der Waals surface area contributed by atoms with E-state index in [0.29, 0.717) is 25.1 Å². The second kappa shape index (κ2) is 8.09. The molecular formula is C13H25NO4S. The predicted molar refractivity (Wildman–Crippen MR) is 76.5 cm³/mol. The zero-order valence-electron chi connectivity index (χ0n) is 11.5.